The second kappa shape index (κ2) is 4.91. The molecule has 0 spiro atoms. The number of amides is 3. The monoisotopic (exact) mass is 299 g/mol. The molecule has 114 valence electrons. The van der Waals surface area contributed by atoms with Gasteiger partial charge in [-0.3, -0.25) is 19.3 Å². The molecular formula is C16H17N3O3. The topological polar surface area (TPSA) is 69.7 Å². The molecule has 22 heavy (non-hydrogen) atoms. The highest BCUT2D eigenvalue weighted by Gasteiger charge is 2.41. The lowest BCUT2D eigenvalue weighted by atomic mass is 10.0. The largest absolute Gasteiger partial charge is 0.340 e. The zero-order chi connectivity index (χ0) is 15.3. The third kappa shape index (κ3) is 1.94. The van der Waals surface area contributed by atoms with Gasteiger partial charge in [0.1, 0.15) is 6.54 Å². The predicted octanol–water partition coefficient (Wildman–Crippen LogP) is -0.0396. The molecule has 0 saturated carbocycles. The molecule has 2 saturated heterocycles. The fourth-order valence-corrected chi connectivity index (χ4v) is 3.68. The van der Waals surface area contributed by atoms with Crippen molar-refractivity contribution in [2.45, 2.75) is 0 Å². The maximum Gasteiger partial charge on any atom is 0.262 e. The predicted molar refractivity (Wildman–Crippen MR) is 78.2 cm³/mol. The van der Waals surface area contributed by atoms with Gasteiger partial charge in [-0.05, 0) is 24.0 Å². The molecule has 3 heterocycles. The summed E-state index contributed by atoms with van der Waals surface area (Å²) in [5.41, 5.74) is 0.783. The van der Waals surface area contributed by atoms with E-state index in [2.05, 4.69) is 5.32 Å². The number of benzene rings is 1. The molecule has 0 radical (unpaired) electrons. The van der Waals surface area contributed by atoms with Gasteiger partial charge in [-0.2, -0.15) is 0 Å². The first-order chi connectivity index (χ1) is 10.6. The third-order valence-corrected chi connectivity index (χ3v) is 4.91. The smallest absolute Gasteiger partial charge is 0.262 e. The molecule has 1 N–H and O–H groups in total. The van der Waals surface area contributed by atoms with Gasteiger partial charge in [0.25, 0.3) is 11.8 Å². The number of likely N-dealkylation sites (tertiary alicyclic amines) is 1. The highest BCUT2D eigenvalue weighted by atomic mass is 16.2. The van der Waals surface area contributed by atoms with E-state index in [0.717, 1.165) is 31.1 Å². The van der Waals surface area contributed by atoms with Crippen LogP contribution in [-0.4, -0.2) is 60.2 Å². The molecule has 0 aliphatic carbocycles. The van der Waals surface area contributed by atoms with Crippen LogP contribution in [0.25, 0.3) is 0 Å². The molecule has 3 amide bonds. The van der Waals surface area contributed by atoms with E-state index < -0.39 is 0 Å². The molecule has 2 atom stereocenters. The fourth-order valence-electron chi connectivity index (χ4n) is 3.68. The van der Waals surface area contributed by atoms with E-state index in [1.807, 2.05) is 0 Å². The Hall–Kier alpha value is -2.21. The molecule has 0 aromatic heterocycles. The van der Waals surface area contributed by atoms with Crippen molar-refractivity contribution in [1.29, 1.82) is 0 Å². The Morgan fingerprint density at radius 2 is 1.59 bits per heavy atom. The Bertz CT molecular complexity index is 625. The first kappa shape index (κ1) is 13.5. The van der Waals surface area contributed by atoms with Crippen LogP contribution in [0.1, 0.15) is 20.7 Å². The maximum absolute atomic E-state index is 12.4. The molecule has 6 heteroatoms. The number of hydrogen-bond donors (Lipinski definition) is 1. The lowest BCUT2D eigenvalue weighted by Gasteiger charge is -2.21. The van der Waals surface area contributed by atoms with Crippen LogP contribution in [0.5, 0.6) is 0 Å². The summed E-state index contributed by atoms with van der Waals surface area (Å²) < 4.78 is 0. The van der Waals surface area contributed by atoms with E-state index in [1.165, 1.54) is 0 Å². The first-order valence-corrected chi connectivity index (χ1v) is 7.59. The van der Waals surface area contributed by atoms with Crippen molar-refractivity contribution in [1.82, 2.24) is 15.1 Å². The van der Waals surface area contributed by atoms with Crippen LogP contribution < -0.4 is 5.32 Å². The van der Waals surface area contributed by atoms with Gasteiger partial charge in [0.05, 0.1) is 11.1 Å². The summed E-state index contributed by atoms with van der Waals surface area (Å²) in [6, 6.07) is 6.71. The minimum atomic E-state index is -0.366. The quantitative estimate of drug-likeness (QED) is 0.778. The number of imide groups is 1. The normalized spacial score (nSPS) is 26.5. The number of nitrogens with zero attached hydrogens (tertiary/aromatic N) is 2. The van der Waals surface area contributed by atoms with Crippen LogP contribution >= 0.6 is 0 Å². The molecular weight excluding hydrogens is 282 g/mol. The van der Waals surface area contributed by atoms with Gasteiger partial charge in [0, 0.05) is 26.2 Å². The minimum Gasteiger partial charge on any atom is -0.340 e. The van der Waals surface area contributed by atoms with Crippen molar-refractivity contribution >= 4 is 17.7 Å². The van der Waals surface area contributed by atoms with Crippen molar-refractivity contribution in [3.05, 3.63) is 35.4 Å². The average Bonchev–Trinajstić information content (AvgIpc) is 3.17. The zero-order valence-electron chi connectivity index (χ0n) is 12.1. The average molecular weight is 299 g/mol. The summed E-state index contributed by atoms with van der Waals surface area (Å²) in [6.07, 6.45) is 0. The Balaban J connectivity index is 1.47. The number of fused-ring (bicyclic) bond motifs is 2. The van der Waals surface area contributed by atoms with Crippen LogP contribution in [-0.2, 0) is 4.79 Å². The second-order valence-electron chi connectivity index (χ2n) is 6.22. The molecule has 6 nitrogen and oxygen atoms in total. The SMILES string of the molecule is O=C(CN1C(=O)c2ccccc2C1=O)N1C[C@H]2CNC[C@H]2C1. The Kier molecular flexibility index (Phi) is 3.00. The summed E-state index contributed by atoms with van der Waals surface area (Å²) in [7, 11) is 0. The first-order valence-electron chi connectivity index (χ1n) is 7.59. The van der Waals surface area contributed by atoms with Crippen LogP contribution in [0.3, 0.4) is 0 Å². The van der Waals surface area contributed by atoms with E-state index in [1.54, 1.807) is 29.2 Å². The van der Waals surface area contributed by atoms with Crippen LogP contribution in [0.15, 0.2) is 24.3 Å². The highest BCUT2D eigenvalue weighted by molar-refractivity contribution is 6.22. The van der Waals surface area contributed by atoms with Crippen LogP contribution in [0, 0.1) is 11.8 Å². The van der Waals surface area contributed by atoms with Crippen molar-refractivity contribution < 1.29 is 14.4 Å². The second-order valence-corrected chi connectivity index (χ2v) is 6.22. The number of hydrogen-bond acceptors (Lipinski definition) is 4. The van der Waals surface area contributed by atoms with Gasteiger partial charge in [-0.25, -0.2) is 0 Å². The zero-order valence-corrected chi connectivity index (χ0v) is 12.1. The van der Waals surface area contributed by atoms with Gasteiger partial charge in [0.15, 0.2) is 0 Å². The summed E-state index contributed by atoms with van der Waals surface area (Å²) in [5, 5.41) is 3.33. The van der Waals surface area contributed by atoms with Crippen molar-refractivity contribution in [3.63, 3.8) is 0 Å². The lowest BCUT2D eigenvalue weighted by Crippen LogP contribution is -2.42. The van der Waals surface area contributed by atoms with Gasteiger partial charge in [-0.15, -0.1) is 0 Å². The number of carbonyl (C=O) groups is 3. The van der Waals surface area contributed by atoms with Crippen molar-refractivity contribution in [2.24, 2.45) is 11.8 Å². The van der Waals surface area contributed by atoms with Gasteiger partial charge < -0.3 is 10.2 Å². The Labute approximate surface area is 128 Å². The number of nitrogens with one attached hydrogen (secondary N) is 1. The Morgan fingerprint density at radius 1 is 1.05 bits per heavy atom. The molecule has 3 aliphatic heterocycles. The molecule has 1 aromatic rings. The van der Waals surface area contributed by atoms with E-state index >= 15 is 0 Å². The molecule has 1 aromatic carbocycles. The maximum atomic E-state index is 12.4. The molecule has 3 aliphatic rings. The summed E-state index contributed by atoms with van der Waals surface area (Å²) in [6.45, 7) is 3.18. The van der Waals surface area contributed by atoms with E-state index in [0.29, 0.717) is 23.0 Å². The summed E-state index contributed by atoms with van der Waals surface area (Å²) in [5.74, 6) is 0.145. The van der Waals surface area contributed by atoms with Gasteiger partial charge in [0.2, 0.25) is 5.91 Å². The van der Waals surface area contributed by atoms with Crippen LogP contribution in [0.2, 0.25) is 0 Å². The summed E-state index contributed by atoms with van der Waals surface area (Å²) >= 11 is 0. The standard InChI is InChI=1S/C16H17N3O3/c20-14(18-7-10-5-17-6-11(10)8-18)9-19-15(21)12-3-1-2-4-13(12)16(19)22/h1-4,10-11,17H,5-9H2/t10-,11+. The fraction of sp³-hybridized carbons (Fsp3) is 0.438. The molecule has 0 unspecified atom stereocenters. The van der Waals surface area contributed by atoms with Crippen molar-refractivity contribution in [2.75, 3.05) is 32.7 Å². The lowest BCUT2D eigenvalue weighted by molar-refractivity contribution is -0.130. The van der Waals surface area contributed by atoms with Gasteiger partial charge in [-0.1, -0.05) is 12.1 Å². The molecule has 4 rings (SSSR count). The molecule has 2 fully saturated rings. The van der Waals surface area contributed by atoms with E-state index in [9.17, 15) is 14.4 Å². The van der Waals surface area contributed by atoms with Crippen LogP contribution in [0.4, 0.5) is 0 Å². The number of rotatable bonds is 2. The van der Waals surface area contributed by atoms with E-state index in [4.69, 9.17) is 0 Å². The Morgan fingerprint density at radius 3 is 2.14 bits per heavy atom. The molecule has 0 bridgehead atoms. The minimum absolute atomic E-state index is 0.135. The van der Waals surface area contributed by atoms with Gasteiger partial charge >= 0.3 is 0 Å². The number of carbonyl (C=O) groups excluding carboxylic acids is 3. The van der Waals surface area contributed by atoms with Crippen molar-refractivity contribution in [3.8, 4) is 0 Å². The van der Waals surface area contributed by atoms with E-state index in [-0.39, 0.29) is 24.3 Å². The third-order valence-electron chi connectivity index (χ3n) is 4.91. The highest BCUT2D eigenvalue weighted by Crippen LogP contribution is 2.27. The summed E-state index contributed by atoms with van der Waals surface area (Å²) in [4.78, 5) is 39.8.